The summed E-state index contributed by atoms with van der Waals surface area (Å²) in [6.07, 6.45) is 3.36. The summed E-state index contributed by atoms with van der Waals surface area (Å²) >= 11 is 0. The van der Waals surface area contributed by atoms with Crippen molar-refractivity contribution in [3.8, 4) is 0 Å². The van der Waals surface area contributed by atoms with Crippen molar-refractivity contribution in [3.05, 3.63) is 85.3 Å². The number of hydrogen-bond donors (Lipinski definition) is 0. The van der Waals surface area contributed by atoms with Gasteiger partial charge in [0.25, 0.3) is 5.91 Å². The van der Waals surface area contributed by atoms with Gasteiger partial charge in [-0.25, -0.2) is 9.97 Å². The molecule has 0 aliphatic carbocycles. The van der Waals surface area contributed by atoms with Gasteiger partial charge in [0.2, 0.25) is 0 Å². The van der Waals surface area contributed by atoms with Crippen LogP contribution in [0.5, 0.6) is 0 Å². The molecule has 5 heteroatoms. The molecule has 1 amide bonds. The summed E-state index contributed by atoms with van der Waals surface area (Å²) in [5.41, 5.74) is 3.14. The Hall–Kier alpha value is -3.47. The molecule has 0 bridgehead atoms. The highest BCUT2D eigenvalue weighted by atomic mass is 16.2. The highest BCUT2D eigenvalue weighted by Crippen LogP contribution is 2.25. The smallest absolute Gasteiger partial charge is 0.251 e. The summed E-state index contributed by atoms with van der Waals surface area (Å²) in [4.78, 5) is 23.5. The zero-order valence-corrected chi connectivity index (χ0v) is 13.5. The lowest BCUT2D eigenvalue weighted by Crippen LogP contribution is -2.29. The third kappa shape index (κ3) is 2.99. The molecule has 0 saturated heterocycles. The molecular formula is C20H16N4O. The molecule has 2 aromatic carbocycles. The van der Waals surface area contributed by atoms with Gasteiger partial charge >= 0.3 is 0 Å². The lowest BCUT2D eigenvalue weighted by atomic mass is 10.2. The third-order valence-electron chi connectivity index (χ3n) is 3.96. The lowest BCUT2D eigenvalue weighted by Gasteiger charge is -2.23. The van der Waals surface area contributed by atoms with Crippen molar-refractivity contribution in [1.82, 2.24) is 14.5 Å². The normalized spacial score (nSPS) is 10.7. The SMILES string of the molecule is O=C(Cn1cnc2cccnc21)N(c1ccccc1)c1ccccc1. The number of pyridine rings is 1. The molecule has 25 heavy (non-hydrogen) atoms. The number of anilines is 2. The first-order chi connectivity index (χ1) is 12.3. The summed E-state index contributed by atoms with van der Waals surface area (Å²) in [5.74, 6) is -0.0534. The van der Waals surface area contributed by atoms with Gasteiger partial charge < -0.3 is 4.57 Å². The Morgan fingerprint density at radius 2 is 1.48 bits per heavy atom. The van der Waals surface area contributed by atoms with Crippen LogP contribution < -0.4 is 4.90 Å². The van der Waals surface area contributed by atoms with Crippen LogP contribution in [-0.2, 0) is 11.3 Å². The highest BCUT2D eigenvalue weighted by Gasteiger charge is 2.19. The Bertz CT molecular complexity index is 956. The first kappa shape index (κ1) is 15.1. The second-order valence-electron chi connectivity index (χ2n) is 5.62. The summed E-state index contributed by atoms with van der Waals surface area (Å²) in [7, 11) is 0. The third-order valence-corrected chi connectivity index (χ3v) is 3.96. The Labute approximate surface area is 145 Å². The summed E-state index contributed by atoms with van der Waals surface area (Å²) in [6.45, 7) is 0.164. The van der Waals surface area contributed by atoms with Crippen LogP contribution in [0.25, 0.3) is 11.2 Å². The van der Waals surface area contributed by atoms with Crippen molar-refractivity contribution in [1.29, 1.82) is 0 Å². The van der Waals surface area contributed by atoms with Crippen LogP contribution in [0.4, 0.5) is 11.4 Å². The molecule has 4 rings (SSSR count). The predicted molar refractivity (Wildman–Crippen MR) is 97.6 cm³/mol. The fourth-order valence-corrected chi connectivity index (χ4v) is 2.82. The van der Waals surface area contributed by atoms with Crippen LogP contribution in [0.2, 0.25) is 0 Å². The Morgan fingerprint density at radius 1 is 0.840 bits per heavy atom. The van der Waals surface area contributed by atoms with Gasteiger partial charge in [0.15, 0.2) is 5.65 Å². The Kier molecular flexibility index (Phi) is 3.96. The molecule has 122 valence electrons. The van der Waals surface area contributed by atoms with E-state index in [9.17, 15) is 4.79 Å². The van der Waals surface area contributed by atoms with Gasteiger partial charge in [-0.2, -0.15) is 0 Å². The van der Waals surface area contributed by atoms with E-state index in [0.717, 1.165) is 16.9 Å². The number of aromatic nitrogens is 3. The number of rotatable bonds is 4. The number of benzene rings is 2. The highest BCUT2D eigenvalue weighted by molar-refractivity contribution is 6.00. The van der Waals surface area contributed by atoms with Crippen molar-refractivity contribution < 1.29 is 4.79 Å². The maximum Gasteiger partial charge on any atom is 0.251 e. The predicted octanol–water partition coefficient (Wildman–Crippen LogP) is 3.80. The zero-order chi connectivity index (χ0) is 17.1. The van der Waals surface area contributed by atoms with Gasteiger partial charge in [0, 0.05) is 17.6 Å². The van der Waals surface area contributed by atoms with Crippen LogP contribution >= 0.6 is 0 Å². The van der Waals surface area contributed by atoms with E-state index in [1.54, 1.807) is 22.0 Å². The van der Waals surface area contributed by atoms with E-state index in [2.05, 4.69) is 9.97 Å². The molecule has 5 nitrogen and oxygen atoms in total. The molecule has 0 radical (unpaired) electrons. The topological polar surface area (TPSA) is 51.0 Å². The van der Waals surface area contributed by atoms with E-state index in [1.807, 2.05) is 72.8 Å². The number of carbonyl (C=O) groups is 1. The molecule has 0 atom stereocenters. The van der Waals surface area contributed by atoms with E-state index in [1.165, 1.54) is 0 Å². The summed E-state index contributed by atoms with van der Waals surface area (Å²) in [5, 5.41) is 0. The Balaban J connectivity index is 1.71. The van der Waals surface area contributed by atoms with Crippen molar-refractivity contribution in [2.45, 2.75) is 6.54 Å². The average Bonchev–Trinajstić information content (AvgIpc) is 3.07. The average molecular weight is 328 g/mol. The molecule has 0 aliphatic heterocycles. The van der Waals surface area contributed by atoms with Crippen molar-refractivity contribution in [3.63, 3.8) is 0 Å². The van der Waals surface area contributed by atoms with E-state index in [0.29, 0.717) is 5.65 Å². The molecule has 0 unspecified atom stereocenters. The van der Waals surface area contributed by atoms with E-state index < -0.39 is 0 Å². The fraction of sp³-hybridized carbons (Fsp3) is 0.0500. The standard InChI is InChI=1S/C20H16N4O/c25-19(14-23-15-22-18-12-7-13-21-20(18)23)24(16-8-3-1-4-9-16)17-10-5-2-6-11-17/h1-13,15H,14H2. The van der Waals surface area contributed by atoms with E-state index in [4.69, 9.17) is 0 Å². The first-order valence-corrected chi connectivity index (χ1v) is 8.02. The summed E-state index contributed by atoms with van der Waals surface area (Å²) in [6, 6.07) is 23.0. The largest absolute Gasteiger partial charge is 0.306 e. The van der Waals surface area contributed by atoms with Crippen molar-refractivity contribution >= 4 is 28.4 Å². The van der Waals surface area contributed by atoms with Gasteiger partial charge in [-0.3, -0.25) is 9.69 Å². The van der Waals surface area contributed by atoms with Gasteiger partial charge in [0.1, 0.15) is 12.1 Å². The maximum absolute atomic E-state index is 13.1. The van der Waals surface area contributed by atoms with Crippen molar-refractivity contribution in [2.24, 2.45) is 0 Å². The minimum Gasteiger partial charge on any atom is -0.306 e. The van der Waals surface area contributed by atoms with Gasteiger partial charge in [-0.15, -0.1) is 0 Å². The van der Waals surface area contributed by atoms with Crippen LogP contribution in [0.1, 0.15) is 0 Å². The van der Waals surface area contributed by atoms with Gasteiger partial charge in [-0.1, -0.05) is 36.4 Å². The number of imidazole rings is 1. The molecule has 2 aromatic heterocycles. The van der Waals surface area contributed by atoms with Crippen LogP contribution in [-0.4, -0.2) is 20.4 Å². The minimum absolute atomic E-state index is 0.0534. The molecule has 0 N–H and O–H groups in total. The lowest BCUT2D eigenvalue weighted by molar-refractivity contribution is -0.118. The molecule has 4 aromatic rings. The molecule has 0 spiro atoms. The van der Waals surface area contributed by atoms with Crippen LogP contribution in [0, 0.1) is 0 Å². The second kappa shape index (κ2) is 6.57. The molecular weight excluding hydrogens is 312 g/mol. The van der Waals surface area contributed by atoms with Crippen molar-refractivity contribution in [2.75, 3.05) is 4.90 Å². The quantitative estimate of drug-likeness (QED) is 0.572. The number of para-hydroxylation sites is 2. The number of carbonyl (C=O) groups excluding carboxylic acids is 1. The van der Waals surface area contributed by atoms with Crippen LogP contribution in [0.15, 0.2) is 85.3 Å². The minimum atomic E-state index is -0.0534. The monoisotopic (exact) mass is 328 g/mol. The number of amides is 1. The van der Waals surface area contributed by atoms with Gasteiger partial charge in [-0.05, 0) is 36.4 Å². The molecule has 0 aliphatic rings. The summed E-state index contributed by atoms with van der Waals surface area (Å²) < 4.78 is 1.77. The molecule has 0 saturated carbocycles. The Morgan fingerprint density at radius 3 is 2.12 bits per heavy atom. The number of nitrogens with zero attached hydrogens (tertiary/aromatic N) is 4. The van der Waals surface area contributed by atoms with Crippen LogP contribution in [0.3, 0.4) is 0 Å². The first-order valence-electron chi connectivity index (χ1n) is 8.02. The van der Waals surface area contributed by atoms with Gasteiger partial charge in [0.05, 0.1) is 6.33 Å². The number of hydrogen-bond acceptors (Lipinski definition) is 3. The van der Waals surface area contributed by atoms with E-state index >= 15 is 0 Å². The molecule has 0 fully saturated rings. The fourth-order valence-electron chi connectivity index (χ4n) is 2.82. The molecule has 2 heterocycles. The maximum atomic E-state index is 13.1. The second-order valence-corrected chi connectivity index (χ2v) is 5.62. The van der Waals surface area contributed by atoms with E-state index in [-0.39, 0.29) is 12.5 Å². The number of fused-ring (bicyclic) bond motifs is 1. The zero-order valence-electron chi connectivity index (χ0n) is 13.5.